The first-order valence-electron chi connectivity index (χ1n) is 11.3. The first-order chi connectivity index (χ1) is 14.1. The van der Waals surface area contributed by atoms with Crippen molar-refractivity contribution in [3.05, 3.63) is 0 Å². The van der Waals surface area contributed by atoms with Gasteiger partial charge in [0.2, 0.25) is 10.0 Å². The zero-order valence-corrected chi connectivity index (χ0v) is 21.3. The highest BCUT2D eigenvalue weighted by Crippen LogP contribution is 2.25. The van der Waals surface area contributed by atoms with Gasteiger partial charge in [0.15, 0.2) is 5.96 Å². The molecule has 3 rings (SSSR count). The number of nitrogens with zero attached hydrogens (tertiary/aromatic N) is 2. The number of ether oxygens (including phenoxy) is 2. The molecule has 0 aromatic rings. The number of aliphatic imine (C=N–C) groups is 1. The smallest absolute Gasteiger partial charge is 0.213 e. The standard InChI is InChI=1S/C20H38N4O4S.HI/c1-2-21-20(22-10-14-29(25,26)23-15-17-5-3-6-17)24-11-8-18(9-12-24)28-16-19-7-4-13-27-19;/h17-19,23H,2-16H2,1H3,(H,21,22);1H. The van der Waals surface area contributed by atoms with Crippen LogP contribution in [-0.4, -0.2) is 83.2 Å². The van der Waals surface area contributed by atoms with Gasteiger partial charge >= 0.3 is 0 Å². The van der Waals surface area contributed by atoms with E-state index in [0.717, 1.165) is 70.7 Å². The van der Waals surface area contributed by atoms with E-state index in [4.69, 9.17) is 9.47 Å². The number of rotatable bonds is 10. The number of hydrogen-bond acceptors (Lipinski definition) is 5. The topological polar surface area (TPSA) is 92.3 Å². The van der Waals surface area contributed by atoms with E-state index < -0.39 is 10.0 Å². The Bertz CT molecular complexity index is 616. The minimum atomic E-state index is -3.25. The maximum absolute atomic E-state index is 12.2. The molecule has 0 bridgehead atoms. The lowest BCUT2D eigenvalue weighted by Gasteiger charge is -2.34. The van der Waals surface area contributed by atoms with Crippen LogP contribution in [0.25, 0.3) is 0 Å². The van der Waals surface area contributed by atoms with Crippen LogP contribution in [-0.2, 0) is 19.5 Å². The Kier molecular flexibility index (Phi) is 11.6. The van der Waals surface area contributed by atoms with Crippen LogP contribution in [0.4, 0.5) is 0 Å². The highest BCUT2D eigenvalue weighted by atomic mass is 127. The molecule has 10 heteroatoms. The summed E-state index contributed by atoms with van der Waals surface area (Å²) in [4.78, 5) is 6.78. The molecule has 0 aromatic carbocycles. The van der Waals surface area contributed by atoms with Crippen molar-refractivity contribution in [2.24, 2.45) is 10.9 Å². The van der Waals surface area contributed by atoms with E-state index in [0.29, 0.717) is 19.1 Å². The maximum atomic E-state index is 12.2. The average molecular weight is 559 g/mol. The highest BCUT2D eigenvalue weighted by molar-refractivity contribution is 14.0. The SMILES string of the molecule is CCNC(=NCCS(=O)(=O)NCC1CCC1)N1CCC(OCC2CCCO2)CC1.I. The number of hydrogen-bond donors (Lipinski definition) is 2. The van der Waals surface area contributed by atoms with Gasteiger partial charge in [0.1, 0.15) is 0 Å². The summed E-state index contributed by atoms with van der Waals surface area (Å²) in [6.07, 6.45) is 8.20. The fraction of sp³-hybridized carbons (Fsp3) is 0.950. The largest absolute Gasteiger partial charge is 0.376 e. The van der Waals surface area contributed by atoms with Crippen molar-refractivity contribution < 1.29 is 17.9 Å². The molecule has 3 fully saturated rings. The van der Waals surface area contributed by atoms with Crippen LogP contribution in [0.3, 0.4) is 0 Å². The molecule has 1 unspecified atom stereocenters. The Morgan fingerprint density at radius 1 is 1.17 bits per heavy atom. The Labute approximate surface area is 199 Å². The minimum Gasteiger partial charge on any atom is -0.376 e. The van der Waals surface area contributed by atoms with Crippen LogP contribution in [0, 0.1) is 5.92 Å². The van der Waals surface area contributed by atoms with Crippen LogP contribution in [0.2, 0.25) is 0 Å². The molecule has 8 nitrogen and oxygen atoms in total. The number of likely N-dealkylation sites (tertiary alicyclic amines) is 1. The first-order valence-corrected chi connectivity index (χ1v) is 12.9. The quantitative estimate of drug-likeness (QED) is 0.242. The highest BCUT2D eigenvalue weighted by Gasteiger charge is 2.24. The van der Waals surface area contributed by atoms with Crippen LogP contribution in [0.1, 0.15) is 51.9 Å². The molecule has 2 saturated heterocycles. The van der Waals surface area contributed by atoms with Crippen LogP contribution < -0.4 is 10.0 Å². The van der Waals surface area contributed by atoms with Crippen molar-refractivity contribution in [3.63, 3.8) is 0 Å². The van der Waals surface area contributed by atoms with Gasteiger partial charge in [0.25, 0.3) is 0 Å². The van der Waals surface area contributed by atoms with Crippen molar-refractivity contribution >= 4 is 40.0 Å². The zero-order chi connectivity index (χ0) is 20.5. The van der Waals surface area contributed by atoms with Gasteiger partial charge < -0.3 is 19.7 Å². The molecule has 176 valence electrons. The summed E-state index contributed by atoms with van der Waals surface area (Å²) in [7, 11) is -3.25. The summed E-state index contributed by atoms with van der Waals surface area (Å²) in [6.45, 7) is 6.95. The summed E-state index contributed by atoms with van der Waals surface area (Å²) in [5.41, 5.74) is 0. The van der Waals surface area contributed by atoms with E-state index >= 15 is 0 Å². The van der Waals surface area contributed by atoms with Gasteiger partial charge in [0, 0.05) is 32.8 Å². The van der Waals surface area contributed by atoms with Gasteiger partial charge in [-0.15, -0.1) is 24.0 Å². The molecule has 3 aliphatic rings. The lowest BCUT2D eigenvalue weighted by Crippen LogP contribution is -2.47. The van der Waals surface area contributed by atoms with Crippen molar-refractivity contribution in [1.29, 1.82) is 0 Å². The molecule has 0 aromatic heterocycles. The molecule has 30 heavy (non-hydrogen) atoms. The molecule has 0 amide bonds. The van der Waals surface area contributed by atoms with E-state index in [-0.39, 0.29) is 48.5 Å². The molecule has 1 saturated carbocycles. The number of guanidine groups is 1. The third-order valence-corrected chi connectivity index (χ3v) is 7.38. The number of halogens is 1. The summed E-state index contributed by atoms with van der Waals surface area (Å²) < 4.78 is 38.7. The molecule has 2 heterocycles. The van der Waals surface area contributed by atoms with Gasteiger partial charge in [-0.3, -0.25) is 4.99 Å². The second-order valence-electron chi connectivity index (χ2n) is 8.35. The second-order valence-corrected chi connectivity index (χ2v) is 10.3. The number of piperidine rings is 1. The zero-order valence-electron chi connectivity index (χ0n) is 18.2. The third kappa shape index (κ3) is 8.76. The molecule has 1 atom stereocenters. The molecule has 0 spiro atoms. The van der Waals surface area contributed by atoms with E-state index in [1.54, 1.807) is 0 Å². The molecule has 2 N–H and O–H groups in total. The van der Waals surface area contributed by atoms with E-state index in [1.165, 1.54) is 6.42 Å². The van der Waals surface area contributed by atoms with Gasteiger partial charge in [-0.2, -0.15) is 0 Å². The summed E-state index contributed by atoms with van der Waals surface area (Å²) in [6, 6.07) is 0. The van der Waals surface area contributed by atoms with Crippen molar-refractivity contribution in [2.75, 3.05) is 51.7 Å². The lowest BCUT2D eigenvalue weighted by atomic mass is 9.86. The normalized spacial score (nSPS) is 23.8. The monoisotopic (exact) mass is 558 g/mol. The second kappa shape index (κ2) is 13.4. The van der Waals surface area contributed by atoms with Gasteiger partial charge in [-0.1, -0.05) is 6.42 Å². The lowest BCUT2D eigenvalue weighted by molar-refractivity contribution is -0.0367. The third-order valence-electron chi connectivity index (χ3n) is 6.06. The van der Waals surface area contributed by atoms with Gasteiger partial charge in [0.05, 0.1) is 31.1 Å². The minimum absolute atomic E-state index is 0. The van der Waals surface area contributed by atoms with Crippen molar-refractivity contribution in [2.45, 2.75) is 64.1 Å². The number of sulfonamides is 1. The number of nitrogens with one attached hydrogen (secondary N) is 2. The summed E-state index contributed by atoms with van der Waals surface area (Å²) >= 11 is 0. The average Bonchev–Trinajstić information content (AvgIpc) is 3.18. The predicted molar refractivity (Wildman–Crippen MR) is 130 cm³/mol. The Balaban J connectivity index is 0.00000320. The fourth-order valence-electron chi connectivity index (χ4n) is 3.96. The Morgan fingerprint density at radius 3 is 2.53 bits per heavy atom. The molecule has 0 radical (unpaired) electrons. The van der Waals surface area contributed by atoms with E-state index in [2.05, 4.69) is 19.9 Å². The van der Waals surface area contributed by atoms with Crippen LogP contribution >= 0.6 is 24.0 Å². The van der Waals surface area contributed by atoms with Gasteiger partial charge in [-0.05, 0) is 51.4 Å². The van der Waals surface area contributed by atoms with Crippen molar-refractivity contribution in [1.82, 2.24) is 14.9 Å². The summed E-state index contributed by atoms with van der Waals surface area (Å²) in [5, 5.41) is 3.30. The first kappa shape index (κ1) is 26.1. The van der Waals surface area contributed by atoms with Crippen LogP contribution in [0.5, 0.6) is 0 Å². The van der Waals surface area contributed by atoms with Crippen LogP contribution in [0.15, 0.2) is 4.99 Å². The van der Waals surface area contributed by atoms with E-state index in [1.807, 2.05) is 6.92 Å². The predicted octanol–water partition coefficient (Wildman–Crippen LogP) is 1.95. The summed E-state index contributed by atoms with van der Waals surface area (Å²) in [5.74, 6) is 1.36. The van der Waals surface area contributed by atoms with E-state index in [9.17, 15) is 8.42 Å². The molecular formula is C20H39IN4O4S. The fourth-order valence-corrected chi connectivity index (χ4v) is 4.93. The Hall–Kier alpha value is -0.170. The molecule has 1 aliphatic carbocycles. The molecular weight excluding hydrogens is 519 g/mol. The van der Waals surface area contributed by atoms with Gasteiger partial charge in [-0.25, -0.2) is 13.1 Å². The maximum Gasteiger partial charge on any atom is 0.213 e. The molecule has 2 aliphatic heterocycles. The van der Waals surface area contributed by atoms with Crippen molar-refractivity contribution in [3.8, 4) is 0 Å². The Morgan fingerprint density at radius 2 is 1.93 bits per heavy atom.